The van der Waals surface area contributed by atoms with Crippen LogP contribution in [-0.4, -0.2) is 60.0 Å². The summed E-state index contributed by atoms with van der Waals surface area (Å²) in [5.41, 5.74) is 6.74. The number of amides is 2. The standard InChI is InChI=1S/C34H34N4O4/c39-30(21-36-16-5-2-6-17-36)37-18-15-23-19-26(12-14-29(23)37)38(25-10-11-25)32(22-7-3-1-4-8-22)31-27-13-9-24(34(41)42)20-28(27)35-33(31)40/h1,3-4,7-9,12-14,19-20,25H,2,5-6,10-11,15-18,21H2,(H,35,40)(H,41,42)/b32-31-. The summed E-state index contributed by atoms with van der Waals surface area (Å²) in [5.74, 6) is -1.11. The Balaban J connectivity index is 1.28. The molecule has 8 nitrogen and oxygen atoms in total. The molecule has 3 aliphatic heterocycles. The van der Waals surface area contributed by atoms with Gasteiger partial charge in [-0.25, -0.2) is 4.79 Å². The fourth-order valence-electron chi connectivity index (χ4n) is 6.59. The number of fused-ring (bicyclic) bond motifs is 2. The Bertz CT molecular complexity index is 1600. The van der Waals surface area contributed by atoms with Gasteiger partial charge in [0.1, 0.15) is 0 Å². The molecule has 2 amide bonds. The number of carbonyl (C=O) groups is 3. The van der Waals surface area contributed by atoms with Crippen LogP contribution in [0, 0.1) is 0 Å². The summed E-state index contributed by atoms with van der Waals surface area (Å²) in [7, 11) is 0. The quantitative estimate of drug-likeness (QED) is 0.382. The van der Waals surface area contributed by atoms with Crippen LogP contribution in [0.2, 0.25) is 0 Å². The van der Waals surface area contributed by atoms with E-state index < -0.39 is 5.97 Å². The highest BCUT2D eigenvalue weighted by molar-refractivity contribution is 6.37. The zero-order valence-electron chi connectivity index (χ0n) is 23.5. The van der Waals surface area contributed by atoms with E-state index >= 15 is 0 Å². The molecule has 2 N–H and O–H groups in total. The lowest BCUT2D eigenvalue weighted by molar-refractivity contribution is -0.119. The van der Waals surface area contributed by atoms with Gasteiger partial charge in [0, 0.05) is 29.5 Å². The molecule has 1 aliphatic carbocycles. The van der Waals surface area contributed by atoms with Crippen molar-refractivity contribution >= 4 is 46.1 Å². The Kier molecular flexibility index (Phi) is 6.78. The maximum atomic E-state index is 13.6. The summed E-state index contributed by atoms with van der Waals surface area (Å²) < 4.78 is 0. The first-order valence-electron chi connectivity index (χ1n) is 14.9. The average molecular weight is 563 g/mol. The lowest BCUT2D eigenvalue weighted by Gasteiger charge is -2.30. The maximum Gasteiger partial charge on any atom is 0.335 e. The molecule has 2 fully saturated rings. The third-order valence-electron chi connectivity index (χ3n) is 8.79. The fourth-order valence-corrected chi connectivity index (χ4v) is 6.59. The molecule has 214 valence electrons. The van der Waals surface area contributed by atoms with Crippen LogP contribution in [-0.2, 0) is 16.0 Å². The van der Waals surface area contributed by atoms with Gasteiger partial charge in [0.25, 0.3) is 5.91 Å². The van der Waals surface area contributed by atoms with Crippen LogP contribution in [0.4, 0.5) is 17.1 Å². The molecule has 0 spiro atoms. The predicted octanol–water partition coefficient (Wildman–Crippen LogP) is 5.25. The molecule has 0 radical (unpaired) electrons. The van der Waals surface area contributed by atoms with Crippen molar-refractivity contribution in [3.05, 3.63) is 89.0 Å². The minimum atomic E-state index is -1.03. The second-order valence-corrected chi connectivity index (χ2v) is 11.7. The van der Waals surface area contributed by atoms with E-state index in [0.717, 1.165) is 73.4 Å². The first-order chi connectivity index (χ1) is 20.5. The maximum absolute atomic E-state index is 13.6. The first-order valence-corrected chi connectivity index (χ1v) is 14.9. The molecule has 3 aromatic rings. The van der Waals surface area contributed by atoms with Crippen LogP contribution < -0.4 is 15.1 Å². The Hall–Kier alpha value is -4.43. The minimum Gasteiger partial charge on any atom is -0.478 e. The van der Waals surface area contributed by atoms with Gasteiger partial charge in [0.05, 0.1) is 29.1 Å². The number of carbonyl (C=O) groups excluding carboxylic acids is 2. The lowest BCUT2D eigenvalue weighted by Crippen LogP contribution is -2.41. The van der Waals surface area contributed by atoms with Crippen LogP contribution in [0.5, 0.6) is 0 Å². The number of piperidine rings is 1. The van der Waals surface area contributed by atoms with E-state index in [1.54, 1.807) is 12.1 Å². The molecule has 0 bridgehead atoms. The Labute approximate surface area is 245 Å². The van der Waals surface area contributed by atoms with Crippen molar-refractivity contribution < 1.29 is 19.5 Å². The molecular weight excluding hydrogens is 528 g/mol. The summed E-state index contributed by atoms with van der Waals surface area (Å²) in [4.78, 5) is 45.0. The van der Waals surface area contributed by atoms with E-state index in [4.69, 9.17) is 0 Å². The van der Waals surface area contributed by atoms with Crippen molar-refractivity contribution in [3.63, 3.8) is 0 Å². The summed E-state index contributed by atoms with van der Waals surface area (Å²) in [5, 5.41) is 12.4. The number of hydrogen-bond acceptors (Lipinski definition) is 5. The highest BCUT2D eigenvalue weighted by Gasteiger charge is 2.38. The van der Waals surface area contributed by atoms with Gasteiger partial charge >= 0.3 is 5.97 Å². The molecule has 4 aliphatic rings. The number of nitrogens with one attached hydrogen (secondary N) is 1. The molecule has 3 aromatic carbocycles. The van der Waals surface area contributed by atoms with Crippen molar-refractivity contribution in [1.82, 2.24) is 4.90 Å². The number of likely N-dealkylation sites (tertiary alicyclic amines) is 1. The van der Waals surface area contributed by atoms with Crippen molar-refractivity contribution in [2.75, 3.05) is 41.3 Å². The summed E-state index contributed by atoms with van der Waals surface area (Å²) in [6.45, 7) is 3.14. The van der Waals surface area contributed by atoms with Gasteiger partial charge in [-0.15, -0.1) is 0 Å². The lowest BCUT2D eigenvalue weighted by atomic mass is 9.97. The highest BCUT2D eigenvalue weighted by Crippen LogP contribution is 2.46. The molecule has 42 heavy (non-hydrogen) atoms. The number of carboxylic acids is 1. The average Bonchev–Trinajstić information content (AvgIpc) is 3.66. The van der Waals surface area contributed by atoms with Crippen LogP contribution in [0.3, 0.4) is 0 Å². The van der Waals surface area contributed by atoms with Crippen molar-refractivity contribution in [3.8, 4) is 0 Å². The van der Waals surface area contributed by atoms with Crippen LogP contribution in [0.25, 0.3) is 11.3 Å². The topological polar surface area (TPSA) is 93.2 Å². The zero-order valence-corrected chi connectivity index (χ0v) is 23.5. The van der Waals surface area contributed by atoms with Gasteiger partial charge in [-0.1, -0.05) is 42.8 Å². The van der Waals surface area contributed by atoms with E-state index in [2.05, 4.69) is 33.3 Å². The molecule has 0 aromatic heterocycles. The molecule has 1 saturated heterocycles. The van der Waals surface area contributed by atoms with E-state index in [1.165, 1.54) is 12.5 Å². The smallest absolute Gasteiger partial charge is 0.335 e. The van der Waals surface area contributed by atoms with Crippen LogP contribution in [0.15, 0.2) is 66.7 Å². The molecule has 7 rings (SSSR count). The minimum absolute atomic E-state index is 0.133. The second-order valence-electron chi connectivity index (χ2n) is 11.7. The van der Waals surface area contributed by atoms with E-state index in [9.17, 15) is 19.5 Å². The van der Waals surface area contributed by atoms with E-state index in [0.29, 0.717) is 29.9 Å². The SMILES string of the molecule is O=C1Nc2cc(C(=O)O)ccc2/C1=C(\c1ccccc1)N(c1ccc2c(c1)CCN2C(=O)CN1CCCCC1)C1CC1. The predicted molar refractivity (Wildman–Crippen MR) is 164 cm³/mol. The number of rotatable bonds is 7. The van der Waals surface area contributed by atoms with Gasteiger partial charge in [-0.3, -0.25) is 14.5 Å². The van der Waals surface area contributed by atoms with Crippen LogP contribution >= 0.6 is 0 Å². The number of anilines is 3. The van der Waals surface area contributed by atoms with Crippen molar-refractivity contribution in [2.45, 2.75) is 44.6 Å². The monoisotopic (exact) mass is 562 g/mol. The van der Waals surface area contributed by atoms with Crippen molar-refractivity contribution in [1.29, 1.82) is 0 Å². The third kappa shape index (κ3) is 4.86. The summed E-state index contributed by atoms with van der Waals surface area (Å²) in [6, 6.07) is 21.3. The van der Waals surface area contributed by atoms with Gasteiger partial charge < -0.3 is 20.2 Å². The fraction of sp³-hybridized carbons (Fsp3) is 0.324. The summed E-state index contributed by atoms with van der Waals surface area (Å²) >= 11 is 0. The van der Waals surface area contributed by atoms with Gasteiger partial charge in [0.2, 0.25) is 5.91 Å². The molecule has 8 heteroatoms. The van der Waals surface area contributed by atoms with Gasteiger partial charge in [0.15, 0.2) is 0 Å². The number of aromatic carboxylic acids is 1. The van der Waals surface area contributed by atoms with Gasteiger partial charge in [-0.2, -0.15) is 0 Å². The van der Waals surface area contributed by atoms with Gasteiger partial charge in [-0.05, 0) is 86.7 Å². The summed E-state index contributed by atoms with van der Waals surface area (Å²) in [6.07, 6.45) is 6.38. The third-order valence-corrected chi connectivity index (χ3v) is 8.79. The second kappa shape index (κ2) is 10.8. The number of nitrogens with zero attached hydrogens (tertiary/aromatic N) is 3. The van der Waals surface area contributed by atoms with Crippen molar-refractivity contribution in [2.24, 2.45) is 0 Å². The Morgan fingerprint density at radius 3 is 2.43 bits per heavy atom. The first kappa shape index (κ1) is 26.5. The number of carboxylic acid groups (broad SMARTS) is 1. The largest absolute Gasteiger partial charge is 0.478 e. The number of hydrogen-bond donors (Lipinski definition) is 2. The Morgan fingerprint density at radius 2 is 1.69 bits per heavy atom. The normalized spacial score (nSPS) is 19.2. The molecule has 1 saturated carbocycles. The van der Waals surface area contributed by atoms with E-state index in [1.807, 2.05) is 35.2 Å². The molecule has 3 heterocycles. The number of benzene rings is 3. The Morgan fingerprint density at radius 1 is 0.905 bits per heavy atom. The zero-order chi connectivity index (χ0) is 28.8. The molecular formula is C34H34N4O4. The molecule has 0 unspecified atom stereocenters. The molecule has 0 atom stereocenters. The highest BCUT2D eigenvalue weighted by atomic mass is 16.4. The van der Waals surface area contributed by atoms with Crippen LogP contribution in [0.1, 0.15) is 59.2 Å². The van der Waals surface area contributed by atoms with E-state index in [-0.39, 0.29) is 23.4 Å².